The third-order valence-electron chi connectivity index (χ3n) is 5.53. The second-order valence-corrected chi connectivity index (χ2v) is 7.53. The molecular formula is C22H22FN5O5. The third kappa shape index (κ3) is 4.34. The predicted molar refractivity (Wildman–Crippen MR) is 117 cm³/mol. The van der Waals surface area contributed by atoms with Crippen molar-refractivity contribution in [2.45, 2.75) is 32.2 Å². The molecule has 0 bridgehead atoms. The number of ether oxygens (including phenoxy) is 2. The Morgan fingerprint density at radius 1 is 1.12 bits per heavy atom. The van der Waals surface area contributed by atoms with Gasteiger partial charge >= 0.3 is 0 Å². The molecule has 3 aromatic rings. The van der Waals surface area contributed by atoms with Gasteiger partial charge in [-0.3, -0.25) is 14.9 Å². The van der Waals surface area contributed by atoms with Crippen molar-refractivity contribution in [3.63, 3.8) is 0 Å². The molecule has 10 nitrogen and oxygen atoms in total. The number of methoxy groups -OCH3 is 2. The quantitative estimate of drug-likeness (QED) is 0.441. The number of hydrogen-bond acceptors (Lipinski definition) is 7. The number of fused-ring (bicyclic) bond motifs is 1. The number of hydrogen-bond donors (Lipinski definition) is 1. The average molecular weight is 455 g/mol. The minimum atomic E-state index is -0.862. The van der Waals surface area contributed by atoms with E-state index in [1.54, 1.807) is 6.07 Å². The van der Waals surface area contributed by atoms with E-state index < -0.39 is 22.3 Å². The van der Waals surface area contributed by atoms with Crippen LogP contribution in [0.4, 0.5) is 15.8 Å². The average Bonchev–Trinajstić information content (AvgIpc) is 3.07. The van der Waals surface area contributed by atoms with Gasteiger partial charge in [0.15, 0.2) is 17.3 Å². The van der Waals surface area contributed by atoms with E-state index >= 15 is 0 Å². The summed E-state index contributed by atoms with van der Waals surface area (Å²) in [7, 11) is 2.67. The number of nitro groups is 1. The fourth-order valence-electron chi connectivity index (χ4n) is 3.85. The molecule has 1 aromatic heterocycles. The van der Waals surface area contributed by atoms with Crippen LogP contribution in [0.1, 0.15) is 35.4 Å². The lowest BCUT2D eigenvalue weighted by Crippen LogP contribution is -2.15. The fourth-order valence-corrected chi connectivity index (χ4v) is 3.85. The number of halogens is 1. The molecule has 0 fully saturated rings. The van der Waals surface area contributed by atoms with E-state index in [9.17, 15) is 19.3 Å². The molecule has 2 heterocycles. The van der Waals surface area contributed by atoms with Crippen molar-refractivity contribution in [3.8, 4) is 22.9 Å². The number of nitrogens with one attached hydrogen (secondary N) is 1. The largest absolute Gasteiger partial charge is 0.493 e. The summed E-state index contributed by atoms with van der Waals surface area (Å²) in [4.78, 5) is 23.7. The Kier molecular flexibility index (Phi) is 6.20. The molecule has 0 aliphatic carbocycles. The second kappa shape index (κ2) is 9.23. The maximum absolute atomic E-state index is 14.6. The molecule has 1 amide bonds. The van der Waals surface area contributed by atoms with Crippen LogP contribution in [0.5, 0.6) is 11.5 Å². The summed E-state index contributed by atoms with van der Waals surface area (Å²) in [6, 6.07) is 6.50. The molecular weight excluding hydrogens is 433 g/mol. The molecule has 2 aromatic carbocycles. The van der Waals surface area contributed by atoms with Crippen LogP contribution in [-0.2, 0) is 13.0 Å². The van der Waals surface area contributed by atoms with E-state index in [0.717, 1.165) is 44.1 Å². The van der Waals surface area contributed by atoms with Crippen molar-refractivity contribution >= 4 is 17.3 Å². The Balaban J connectivity index is 1.69. The van der Waals surface area contributed by atoms with Gasteiger partial charge in [-0.25, -0.2) is 4.39 Å². The number of aryl methyl sites for hydroxylation is 1. The number of anilines is 1. The molecule has 4 rings (SSSR count). The number of aromatic nitrogens is 3. The number of nitrogens with zero attached hydrogens (tertiary/aromatic N) is 4. The highest BCUT2D eigenvalue weighted by Crippen LogP contribution is 2.35. The molecule has 0 saturated heterocycles. The molecule has 0 radical (unpaired) electrons. The van der Waals surface area contributed by atoms with Crippen LogP contribution in [0, 0.1) is 15.9 Å². The van der Waals surface area contributed by atoms with E-state index in [2.05, 4.69) is 15.5 Å². The highest BCUT2D eigenvalue weighted by atomic mass is 19.1. The predicted octanol–water partition coefficient (Wildman–Crippen LogP) is 3.99. The Morgan fingerprint density at radius 2 is 1.88 bits per heavy atom. The zero-order chi connectivity index (χ0) is 23.5. The molecule has 33 heavy (non-hydrogen) atoms. The smallest absolute Gasteiger partial charge is 0.286 e. The molecule has 0 spiro atoms. The lowest BCUT2D eigenvalue weighted by atomic mass is 10.1. The first-order valence-corrected chi connectivity index (χ1v) is 10.4. The Hall–Kier alpha value is -4.02. The highest BCUT2D eigenvalue weighted by Gasteiger charge is 2.26. The molecule has 11 heteroatoms. The summed E-state index contributed by atoms with van der Waals surface area (Å²) < 4.78 is 26.8. The topological polar surface area (TPSA) is 121 Å². The van der Waals surface area contributed by atoms with Crippen LogP contribution in [0.2, 0.25) is 0 Å². The number of benzene rings is 2. The number of nitro benzene ring substituents is 1. The summed E-state index contributed by atoms with van der Waals surface area (Å²) in [6.45, 7) is 0.759. The Bertz CT molecular complexity index is 1230. The first kappa shape index (κ1) is 22.2. The monoisotopic (exact) mass is 455 g/mol. The normalized spacial score (nSPS) is 13.1. The Labute approximate surface area is 188 Å². The summed E-state index contributed by atoms with van der Waals surface area (Å²) in [5.41, 5.74) is -0.343. The van der Waals surface area contributed by atoms with Crippen molar-refractivity contribution in [1.29, 1.82) is 0 Å². The van der Waals surface area contributed by atoms with Crippen LogP contribution < -0.4 is 14.8 Å². The van der Waals surface area contributed by atoms with Gasteiger partial charge in [0.1, 0.15) is 17.2 Å². The number of rotatable bonds is 6. The first-order valence-electron chi connectivity index (χ1n) is 10.4. The highest BCUT2D eigenvalue weighted by molar-refractivity contribution is 6.07. The van der Waals surface area contributed by atoms with Gasteiger partial charge in [-0.15, -0.1) is 10.2 Å². The number of amides is 1. The molecule has 1 N–H and O–H groups in total. The van der Waals surface area contributed by atoms with Crippen molar-refractivity contribution in [1.82, 2.24) is 14.8 Å². The summed E-state index contributed by atoms with van der Waals surface area (Å²) in [6.07, 6.45) is 3.94. The van der Waals surface area contributed by atoms with E-state index in [-0.39, 0.29) is 22.7 Å². The molecule has 172 valence electrons. The van der Waals surface area contributed by atoms with Crippen molar-refractivity contribution < 1.29 is 23.6 Å². The zero-order valence-electron chi connectivity index (χ0n) is 18.1. The Morgan fingerprint density at radius 3 is 2.61 bits per heavy atom. The molecule has 0 unspecified atom stereocenters. The van der Waals surface area contributed by atoms with Gasteiger partial charge in [-0.1, -0.05) is 6.42 Å². The maximum Gasteiger partial charge on any atom is 0.286 e. The van der Waals surface area contributed by atoms with E-state index in [1.807, 2.05) is 4.57 Å². The van der Waals surface area contributed by atoms with Gasteiger partial charge in [-0.05, 0) is 31.0 Å². The standard InChI is InChI=1S/C22H22FN5O5/c1-32-18-11-14(17(28(30)31)12-19(18)33-2)22(29)24-16-10-13(7-8-15(16)23)21-26-25-20-6-4-3-5-9-27(20)21/h7-8,10-12H,3-6,9H2,1-2H3,(H,24,29). The summed E-state index contributed by atoms with van der Waals surface area (Å²) in [5, 5.41) is 22.5. The lowest BCUT2D eigenvalue weighted by molar-refractivity contribution is -0.385. The van der Waals surface area contributed by atoms with Gasteiger partial charge in [0, 0.05) is 24.6 Å². The lowest BCUT2D eigenvalue weighted by Gasteiger charge is -2.12. The van der Waals surface area contributed by atoms with Gasteiger partial charge in [0.25, 0.3) is 11.6 Å². The van der Waals surface area contributed by atoms with E-state index in [1.165, 1.54) is 32.4 Å². The van der Waals surface area contributed by atoms with Gasteiger partial charge in [0.05, 0.1) is 30.9 Å². The van der Waals surface area contributed by atoms with Crippen molar-refractivity contribution in [2.75, 3.05) is 19.5 Å². The number of carbonyl (C=O) groups excluding carboxylic acids is 1. The molecule has 1 aliphatic rings. The van der Waals surface area contributed by atoms with Gasteiger partial charge in [-0.2, -0.15) is 0 Å². The van der Waals surface area contributed by atoms with Crippen LogP contribution in [-0.4, -0.2) is 39.8 Å². The summed E-state index contributed by atoms with van der Waals surface area (Å²) in [5.74, 6) is 0.137. The molecule has 0 saturated carbocycles. The first-order chi connectivity index (χ1) is 15.9. The van der Waals surface area contributed by atoms with Gasteiger partial charge < -0.3 is 19.4 Å². The minimum absolute atomic E-state index is 0.0985. The SMILES string of the molecule is COc1cc(C(=O)Nc2cc(-c3nnc4n3CCCCC4)ccc2F)c([N+](=O)[O-])cc1OC. The van der Waals surface area contributed by atoms with Crippen LogP contribution in [0.3, 0.4) is 0 Å². The van der Waals surface area contributed by atoms with E-state index in [0.29, 0.717) is 11.4 Å². The minimum Gasteiger partial charge on any atom is -0.493 e. The van der Waals surface area contributed by atoms with E-state index in [4.69, 9.17) is 9.47 Å². The molecule has 1 aliphatic heterocycles. The number of carbonyl (C=O) groups is 1. The zero-order valence-corrected chi connectivity index (χ0v) is 18.1. The van der Waals surface area contributed by atoms with Crippen LogP contribution in [0.25, 0.3) is 11.4 Å². The van der Waals surface area contributed by atoms with Crippen LogP contribution in [0.15, 0.2) is 30.3 Å². The van der Waals surface area contributed by atoms with Crippen molar-refractivity contribution in [2.24, 2.45) is 0 Å². The van der Waals surface area contributed by atoms with Crippen molar-refractivity contribution in [3.05, 3.63) is 57.7 Å². The molecule has 0 atom stereocenters. The van der Waals surface area contributed by atoms with Crippen LogP contribution >= 0.6 is 0 Å². The summed E-state index contributed by atoms with van der Waals surface area (Å²) >= 11 is 0. The fraction of sp³-hybridized carbons (Fsp3) is 0.318. The second-order valence-electron chi connectivity index (χ2n) is 7.53. The third-order valence-corrected chi connectivity index (χ3v) is 5.53. The van der Waals surface area contributed by atoms with Gasteiger partial charge in [0.2, 0.25) is 0 Å². The maximum atomic E-state index is 14.6.